The van der Waals surface area contributed by atoms with E-state index in [0.29, 0.717) is 6.54 Å². The van der Waals surface area contributed by atoms with Crippen molar-refractivity contribution in [3.63, 3.8) is 0 Å². The smallest absolute Gasteiger partial charge is 0.130 e. The Labute approximate surface area is 120 Å². The summed E-state index contributed by atoms with van der Waals surface area (Å²) >= 11 is 0. The molecule has 2 aromatic carbocycles. The van der Waals surface area contributed by atoms with Crippen molar-refractivity contribution in [3.8, 4) is 11.5 Å². The average Bonchev–Trinajstić information content (AvgIpc) is 2.49. The Kier molecular flexibility index (Phi) is 4.03. The summed E-state index contributed by atoms with van der Waals surface area (Å²) in [6.45, 7) is 0.643. The molecule has 2 aromatic rings. The van der Waals surface area contributed by atoms with Crippen LogP contribution >= 0.6 is 0 Å². The van der Waals surface area contributed by atoms with Crippen molar-refractivity contribution >= 4 is 0 Å². The van der Waals surface area contributed by atoms with Gasteiger partial charge in [0.05, 0.1) is 0 Å². The molecule has 3 rings (SSSR count). The van der Waals surface area contributed by atoms with Gasteiger partial charge in [0.1, 0.15) is 11.5 Å². The molecule has 0 aliphatic heterocycles. The predicted molar refractivity (Wildman–Crippen MR) is 82.4 cm³/mol. The fourth-order valence-electron chi connectivity index (χ4n) is 2.87. The maximum absolute atomic E-state index is 6.07. The summed E-state index contributed by atoms with van der Waals surface area (Å²) in [5, 5.41) is 0. The summed E-state index contributed by atoms with van der Waals surface area (Å²) in [6.07, 6.45) is 5.84. The molecule has 0 fully saturated rings. The van der Waals surface area contributed by atoms with Gasteiger partial charge in [-0.25, -0.2) is 0 Å². The van der Waals surface area contributed by atoms with E-state index in [4.69, 9.17) is 10.5 Å². The zero-order valence-electron chi connectivity index (χ0n) is 11.8. The molecule has 0 unspecified atom stereocenters. The molecule has 0 spiro atoms. The summed E-state index contributed by atoms with van der Waals surface area (Å²) in [6, 6.07) is 14.6. The standard InChI is InChI=1S/C18H21NO/c19-12-11-15-6-3-4-8-18(15)20-17-10-9-14-5-1-2-7-16(14)13-17/h3-4,6,8-10,13H,1-2,5,7,11-12,19H2. The summed E-state index contributed by atoms with van der Waals surface area (Å²) in [7, 11) is 0. The SMILES string of the molecule is NCCc1ccccc1Oc1ccc2c(c1)CCCC2. The monoisotopic (exact) mass is 267 g/mol. The molecule has 0 heterocycles. The molecule has 0 saturated heterocycles. The number of hydrogen-bond acceptors (Lipinski definition) is 2. The van der Waals surface area contributed by atoms with Crippen LogP contribution in [0.15, 0.2) is 42.5 Å². The molecule has 1 aliphatic carbocycles. The third-order valence-electron chi connectivity index (χ3n) is 3.93. The maximum atomic E-state index is 6.07. The second-order valence-corrected chi connectivity index (χ2v) is 5.39. The van der Waals surface area contributed by atoms with Gasteiger partial charge in [-0.1, -0.05) is 24.3 Å². The van der Waals surface area contributed by atoms with E-state index in [-0.39, 0.29) is 0 Å². The first-order valence-corrected chi connectivity index (χ1v) is 7.44. The van der Waals surface area contributed by atoms with Crippen LogP contribution in [0.25, 0.3) is 0 Å². The fraction of sp³-hybridized carbons (Fsp3) is 0.333. The van der Waals surface area contributed by atoms with Gasteiger partial charge in [0.25, 0.3) is 0 Å². The molecule has 2 heteroatoms. The normalized spacial score (nSPS) is 13.8. The lowest BCUT2D eigenvalue weighted by Crippen LogP contribution is -2.04. The zero-order valence-corrected chi connectivity index (χ0v) is 11.8. The molecule has 0 radical (unpaired) electrons. The Morgan fingerprint density at radius 1 is 0.950 bits per heavy atom. The van der Waals surface area contributed by atoms with Crippen LogP contribution in [0, 0.1) is 0 Å². The highest BCUT2D eigenvalue weighted by molar-refractivity contribution is 5.42. The Bertz CT molecular complexity index is 592. The van der Waals surface area contributed by atoms with E-state index in [1.54, 1.807) is 0 Å². The molecule has 0 bridgehead atoms. The van der Waals surface area contributed by atoms with Crippen LogP contribution in [0.3, 0.4) is 0 Å². The Morgan fingerprint density at radius 3 is 2.60 bits per heavy atom. The Balaban J connectivity index is 1.84. The highest BCUT2D eigenvalue weighted by Gasteiger charge is 2.11. The van der Waals surface area contributed by atoms with E-state index in [1.807, 2.05) is 18.2 Å². The Morgan fingerprint density at radius 2 is 1.75 bits per heavy atom. The van der Waals surface area contributed by atoms with Gasteiger partial charge in [-0.15, -0.1) is 0 Å². The minimum atomic E-state index is 0.643. The van der Waals surface area contributed by atoms with Gasteiger partial charge in [0.15, 0.2) is 0 Å². The first-order chi connectivity index (χ1) is 9.86. The van der Waals surface area contributed by atoms with Gasteiger partial charge in [-0.2, -0.15) is 0 Å². The van der Waals surface area contributed by atoms with E-state index < -0.39 is 0 Å². The van der Waals surface area contributed by atoms with Crippen molar-refractivity contribution in [2.24, 2.45) is 5.73 Å². The highest BCUT2D eigenvalue weighted by Crippen LogP contribution is 2.30. The zero-order chi connectivity index (χ0) is 13.8. The highest BCUT2D eigenvalue weighted by atomic mass is 16.5. The fourth-order valence-corrected chi connectivity index (χ4v) is 2.87. The number of rotatable bonds is 4. The molecule has 2 nitrogen and oxygen atoms in total. The number of aryl methyl sites for hydroxylation is 2. The number of ether oxygens (including phenoxy) is 1. The lowest BCUT2D eigenvalue weighted by molar-refractivity contribution is 0.474. The quantitative estimate of drug-likeness (QED) is 0.913. The van der Waals surface area contributed by atoms with Gasteiger partial charge < -0.3 is 10.5 Å². The minimum Gasteiger partial charge on any atom is -0.457 e. The van der Waals surface area contributed by atoms with E-state index in [1.165, 1.54) is 42.4 Å². The predicted octanol–water partition coefficient (Wildman–Crippen LogP) is 3.86. The van der Waals surface area contributed by atoms with Crippen molar-refractivity contribution in [3.05, 3.63) is 59.2 Å². The minimum absolute atomic E-state index is 0.643. The van der Waals surface area contributed by atoms with E-state index >= 15 is 0 Å². The number of nitrogens with two attached hydrogens (primary N) is 1. The topological polar surface area (TPSA) is 35.2 Å². The van der Waals surface area contributed by atoms with Crippen molar-refractivity contribution in [1.82, 2.24) is 0 Å². The largest absolute Gasteiger partial charge is 0.457 e. The number of fused-ring (bicyclic) bond motifs is 1. The van der Waals surface area contributed by atoms with Crippen LogP contribution in [0.4, 0.5) is 0 Å². The van der Waals surface area contributed by atoms with E-state index in [2.05, 4.69) is 24.3 Å². The molecule has 0 aromatic heterocycles. The van der Waals surface area contributed by atoms with Gasteiger partial charge in [-0.3, -0.25) is 0 Å². The number of para-hydroxylation sites is 1. The lowest BCUT2D eigenvalue weighted by atomic mass is 9.92. The molecule has 2 N–H and O–H groups in total. The molecule has 1 aliphatic rings. The Hall–Kier alpha value is -1.80. The first-order valence-electron chi connectivity index (χ1n) is 7.44. The van der Waals surface area contributed by atoms with Crippen LogP contribution < -0.4 is 10.5 Å². The van der Waals surface area contributed by atoms with Crippen LogP contribution in [0.1, 0.15) is 29.5 Å². The first kappa shape index (κ1) is 13.2. The summed E-state index contributed by atoms with van der Waals surface area (Å²) in [5.74, 6) is 1.86. The average molecular weight is 267 g/mol. The van der Waals surface area contributed by atoms with Gasteiger partial charge in [0, 0.05) is 0 Å². The molecule has 0 atom stereocenters. The van der Waals surface area contributed by atoms with Crippen molar-refractivity contribution in [2.75, 3.05) is 6.54 Å². The third kappa shape index (κ3) is 2.86. The maximum Gasteiger partial charge on any atom is 0.130 e. The van der Waals surface area contributed by atoms with Crippen molar-refractivity contribution < 1.29 is 4.74 Å². The van der Waals surface area contributed by atoms with Crippen molar-refractivity contribution in [2.45, 2.75) is 32.1 Å². The van der Waals surface area contributed by atoms with Gasteiger partial charge in [0.2, 0.25) is 0 Å². The van der Waals surface area contributed by atoms with Gasteiger partial charge >= 0.3 is 0 Å². The van der Waals surface area contributed by atoms with Crippen molar-refractivity contribution in [1.29, 1.82) is 0 Å². The van der Waals surface area contributed by atoms with Crippen LogP contribution in [-0.2, 0) is 19.3 Å². The number of benzene rings is 2. The van der Waals surface area contributed by atoms with Crippen LogP contribution in [-0.4, -0.2) is 6.54 Å². The molecule has 0 saturated carbocycles. The second-order valence-electron chi connectivity index (χ2n) is 5.39. The molecule has 20 heavy (non-hydrogen) atoms. The lowest BCUT2D eigenvalue weighted by Gasteiger charge is -2.17. The second kappa shape index (κ2) is 6.10. The molecular weight excluding hydrogens is 246 g/mol. The van der Waals surface area contributed by atoms with E-state index in [9.17, 15) is 0 Å². The van der Waals surface area contributed by atoms with Gasteiger partial charge in [-0.05, 0) is 73.5 Å². The summed E-state index contributed by atoms with van der Waals surface area (Å²) in [4.78, 5) is 0. The molecule has 0 amide bonds. The molecule has 104 valence electrons. The van der Waals surface area contributed by atoms with E-state index in [0.717, 1.165) is 17.9 Å². The van der Waals surface area contributed by atoms with Crippen LogP contribution in [0.5, 0.6) is 11.5 Å². The summed E-state index contributed by atoms with van der Waals surface area (Å²) in [5.41, 5.74) is 9.77. The summed E-state index contributed by atoms with van der Waals surface area (Å²) < 4.78 is 6.07. The molecular formula is C18H21NO. The van der Waals surface area contributed by atoms with Crippen LogP contribution in [0.2, 0.25) is 0 Å². The number of hydrogen-bond donors (Lipinski definition) is 1. The third-order valence-corrected chi connectivity index (χ3v) is 3.93.